The SMILES string of the molecule is COc1cc(C(CC(=O)CC(CCc2ccc(O)c(OCCO)c2)OC(C)=O)C2CCCC(CCO)C2)ccc1O. The Morgan fingerprint density at radius 2 is 1.73 bits per heavy atom. The third kappa shape index (κ3) is 9.93. The number of hydrogen-bond acceptors (Lipinski definition) is 9. The maximum Gasteiger partial charge on any atom is 0.302 e. The van der Waals surface area contributed by atoms with E-state index in [1.807, 2.05) is 6.07 Å². The number of phenols is 2. The molecule has 0 saturated heterocycles. The molecule has 9 nitrogen and oxygen atoms in total. The third-order valence-corrected chi connectivity index (χ3v) is 7.93. The highest BCUT2D eigenvalue weighted by molar-refractivity contribution is 5.80. The van der Waals surface area contributed by atoms with Crippen LogP contribution in [0.3, 0.4) is 0 Å². The van der Waals surface area contributed by atoms with Crippen molar-refractivity contribution in [1.29, 1.82) is 0 Å². The quantitative estimate of drug-likeness (QED) is 0.211. The van der Waals surface area contributed by atoms with E-state index in [9.17, 15) is 24.9 Å². The molecular weight excluding hydrogens is 528 g/mol. The molecule has 1 aliphatic rings. The number of aryl methyl sites for hydroxylation is 1. The number of aromatic hydroxyl groups is 2. The Kier molecular flexibility index (Phi) is 12.7. The molecule has 1 fully saturated rings. The molecule has 0 radical (unpaired) electrons. The van der Waals surface area contributed by atoms with Crippen molar-refractivity contribution in [3.05, 3.63) is 47.5 Å². The molecule has 4 unspecified atom stereocenters. The molecule has 9 heteroatoms. The van der Waals surface area contributed by atoms with Crippen LogP contribution in [0.5, 0.6) is 23.0 Å². The van der Waals surface area contributed by atoms with E-state index < -0.39 is 12.1 Å². The van der Waals surface area contributed by atoms with Gasteiger partial charge in [0, 0.05) is 26.4 Å². The number of hydrogen-bond donors (Lipinski definition) is 4. The topological polar surface area (TPSA) is 143 Å². The molecule has 0 bridgehead atoms. The van der Waals surface area contributed by atoms with Gasteiger partial charge >= 0.3 is 5.97 Å². The van der Waals surface area contributed by atoms with Crippen molar-refractivity contribution in [2.75, 3.05) is 26.9 Å². The van der Waals surface area contributed by atoms with Crippen LogP contribution >= 0.6 is 0 Å². The van der Waals surface area contributed by atoms with Crippen molar-refractivity contribution in [3.63, 3.8) is 0 Å². The zero-order chi connectivity index (χ0) is 29.8. The summed E-state index contributed by atoms with van der Waals surface area (Å²) in [4.78, 5) is 25.4. The summed E-state index contributed by atoms with van der Waals surface area (Å²) < 4.78 is 16.3. The lowest BCUT2D eigenvalue weighted by atomic mass is 9.70. The van der Waals surface area contributed by atoms with E-state index in [1.54, 1.807) is 24.3 Å². The van der Waals surface area contributed by atoms with Gasteiger partial charge in [-0.05, 0) is 85.3 Å². The normalized spacial score (nSPS) is 18.3. The number of Topliss-reactive ketones (excluding diaryl/α,β-unsaturated/α-hetero) is 1. The molecule has 226 valence electrons. The van der Waals surface area contributed by atoms with Gasteiger partial charge in [0.05, 0.1) is 13.7 Å². The highest BCUT2D eigenvalue weighted by Gasteiger charge is 2.32. The summed E-state index contributed by atoms with van der Waals surface area (Å²) in [5, 5.41) is 38.7. The Balaban J connectivity index is 1.74. The molecule has 0 amide bonds. The highest BCUT2D eigenvalue weighted by Crippen LogP contribution is 2.43. The van der Waals surface area contributed by atoms with Gasteiger partial charge in [-0.15, -0.1) is 0 Å². The summed E-state index contributed by atoms with van der Waals surface area (Å²) in [6, 6.07) is 10.2. The van der Waals surface area contributed by atoms with Crippen LogP contribution in [0.15, 0.2) is 36.4 Å². The second-order valence-corrected chi connectivity index (χ2v) is 10.9. The van der Waals surface area contributed by atoms with E-state index in [1.165, 1.54) is 20.1 Å². The maximum absolute atomic E-state index is 13.5. The average molecular weight is 573 g/mol. The number of benzene rings is 2. The van der Waals surface area contributed by atoms with Crippen LogP contribution in [0, 0.1) is 11.8 Å². The lowest BCUT2D eigenvalue weighted by Crippen LogP contribution is -2.26. The highest BCUT2D eigenvalue weighted by atomic mass is 16.5. The number of aliphatic hydroxyl groups excluding tert-OH is 2. The standard InChI is InChI=1S/C32H44O9/c1-21(35)41-27(9-6-23-7-10-30(38)32(17-23)40-15-14-34)19-26(36)20-28(24-5-3-4-22(16-24)12-13-33)25-8-11-29(37)31(18-25)39-2/h7-8,10-11,17-18,22,24,27-28,33-34,37-38H,3-6,9,12-16,19-20H2,1-2H3. The number of aliphatic hydroxyl groups is 2. The monoisotopic (exact) mass is 572 g/mol. The van der Waals surface area contributed by atoms with E-state index in [-0.39, 0.29) is 67.5 Å². The molecule has 0 aromatic heterocycles. The molecule has 2 aromatic carbocycles. The minimum Gasteiger partial charge on any atom is -0.504 e. The van der Waals surface area contributed by atoms with Crippen molar-refractivity contribution in [3.8, 4) is 23.0 Å². The minimum atomic E-state index is -0.612. The molecule has 3 rings (SSSR count). The molecular formula is C32H44O9. The molecule has 4 atom stereocenters. The van der Waals surface area contributed by atoms with Gasteiger partial charge in [0.15, 0.2) is 23.0 Å². The molecule has 2 aromatic rings. The summed E-state index contributed by atoms with van der Waals surface area (Å²) in [6.07, 6.45) is 5.35. The molecule has 0 spiro atoms. The number of ether oxygens (including phenoxy) is 3. The Hall–Kier alpha value is -3.30. The van der Waals surface area contributed by atoms with Crippen LogP contribution in [-0.4, -0.2) is 65.2 Å². The van der Waals surface area contributed by atoms with Crippen LogP contribution in [0.4, 0.5) is 0 Å². The summed E-state index contributed by atoms with van der Waals surface area (Å²) >= 11 is 0. The second-order valence-electron chi connectivity index (χ2n) is 10.9. The smallest absolute Gasteiger partial charge is 0.302 e. The number of carbonyl (C=O) groups excluding carboxylic acids is 2. The first-order valence-electron chi connectivity index (χ1n) is 14.5. The Bertz CT molecular complexity index is 1130. The van der Waals surface area contributed by atoms with Crippen molar-refractivity contribution in [2.45, 2.75) is 76.7 Å². The minimum absolute atomic E-state index is 0.0183. The Labute approximate surface area is 242 Å². The maximum atomic E-state index is 13.5. The Morgan fingerprint density at radius 3 is 2.44 bits per heavy atom. The van der Waals surface area contributed by atoms with Crippen LogP contribution in [0.1, 0.15) is 75.3 Å². The molecule has 1 saturated carbocycles. The van der Waals surface area contributed by atoms with Crippen molar-refractivity contribution >= 4 is 11.8 Å². The summed E-state index contributed by atoms with van der Waals surface area (Å²) in [7, 11) is 1.50. The number of carbonyl (C=O) groups is 2. The fourth-order valence-electron chi connectivity index (χ4n) is 5.96. The number of ketones is 1. The largest absolute Gasteiger partial charge is 0.504 e. The van der Waals surface area contributed by atoms with Gasteiger partial charge in [-0.25, -0.2) is 0 Å². The number of rotatable bonds is 16. The van der Waals surface area contributed by atoms with Gasteiger partial charge in [0.1, 0.15) is 18.5 Å². The molecule has 4 N–H and O–H groups in total. The van der Waals surface area contributed by atoms with E-state index in [0.717, 1.165) is 43.2 Å². The van der Waals surface area contributed by atoms with Gasteiger partial charge in [0.25, 0.3) is 0 Å². The first-order valence-corrected chi connectivity index (χ1v) is 14.5. The van der Waals surface area contributed by atoms with Crippen LogP contribution in [0.2, 0.25) is 0 Å². The van der Waals surface area contributed by atoms with Crippen molar-refractivity contribution < 1.29 is 44.2 Å². The predicted octanol–water partition coefficient (Wildman–Crippen LogP) is 4.66. The van der Waals surface area contributed by atoms with Gasteiger partial charge in [0.2, 0.25) is 0 Å². The number of esters is 1. The van der Waals surface area contributed by atoms with E-state index >= 15 is 0 Å². The predicted molar refractivity (Wildman–Crippen MR) is 153 cm³/mol. The van der Waals surface area contributed by atoms with Crippen molar-refractivity contribution in [1.82, 2.24) is 0 Å². The first-order chi connectivity index (χ1) is 19.7. The third-order valence-electron chi connectivity index (χ3n) is 7.93. The zero-order valence-corrected chi connectivity index (χ0v) is 24.1. The van der Waals surface area contributed by atoms with Gasteiger partial charge in [-0.2, -0.15) is 0 Å². The fourth-order valence-corrected chi connectivity index (χ4v) is 5.96. The molecule has 41 heavy (non-hydrogen) atoms. The lowest BCUT2D eigenvalue weighted by molar-refractivity contribution is -0.147. The average Bonchev–Trinajstić information content (AvgIpc) is 2.95. The summed E-state index contributed by atoms with van der Waals surface area (Å²) in [5.74, 6) is 0.690. The zero-order valence-electron chi connectivity index (χ0n) is 24.1. The first kappa shape index (κ1) is 32.2. The molecule has 0 aliphatic heterocycles. The van der Waals surface area contributed by atoms with Crippen LogP contribution < -0.4 is 9.47 Å². The van der Waals surface area contributed by atoms with Gasteiger partial charge in [-0.1, -0.05) is 25.0 Å². The van der Waals surface area contributed by atoms with Gasteiger partial charge < -0.3 is 34.6 Å². The lowest BCUT2D eigenvalue weighted by Gasteiger charge is -2.35. The fraction of sp³-hybridized carbons (Fsp3) is 0.562. The number of methoxy groups -OCH3 is 1. The van der Waals surface area contributed by atoms with E-state index in [4.69, 9.17) is 19.3 Å². The summed E-state index contributed by atoms with van der Waals surface area (Å²) in [5.41, 5.74) is 1.76. The van der Waals surface area contributed by atoms with Gasteiger partial charge in [-0.3, -0.25) is 9.59 Å². The van der Waals surface area contributed by atoms with Crippen LogP contribution in [0.25, 0.3) is 0 Å². The van der Waals surface area contributed by atoms with Crippen LogP contribution in [-0.2, 0) is 20.7 Å². The van der Waals surface area contributed by atoms with E-state index in [0.29, 0.717) is 24.5 Å². The molecule has 0 heterocycles. The second kappa shape index (κ2) is 16.2. The Morgan fingerprint density at radius 1 is 0.976 bits per heavy atom. The molecule has 1 aliphatic carbocycles. The van der Waals surface area contributed by atoms with E-state index in [2.05, 4.69) is 0 Å². The van der Waals surface area contributed by atoms with Crippen molar-refractivity contribution in [2.24, 2.45) is 11.8 Å². The summed E-state index contributed by atoms with van der Waals surface area (Å²) in [6.45, 7) is 1.35. The number of phenolic OH excluding ortho intramolecular Hbond substituents is 2.